The van der Waals surface area contributed by atoms with Crippen LogP contribution in [-0.4, -0.2) is 26.9 Å². The van der Waals surface area contributed by atoms with Crippen LogP contribution in [0.15, 0.2) is 59.1 Å². The van der Waals surface area contributed by atoms with Gasteiger partial charge in [0.25, 0.3) is 5.89 Å². The summed E-state index contributed by atoms with van der Waals surface area (Å²) < 4.78 is 10.8. The highest BCUT2D eigenvalue weighted by molar-refractivity contribution is 6.30. The van der Waals surface area contributed by atoms with Crippen LogP contribution in [0, 0.1) is 0 Å². The Kier molecular flexibility index (Phi) is 4.41. The van der Waals surface area contributed by atoms with Crippen molar-refractivity contribution in [3.63, 3.8) is 0 Å². The lowest BCUT2D eigenvalue weighted by atomic mass is 10.1. The molecule has 0 saturated carbocycles. The van der Waals surface area contributed by atoms with Crippen LogP contribution in [0.5, 0.6) is 5.75 Å². The van der Waals surface area contributed by atoms with E-state index < -0.39 is 0 Å². The van der Waals surface area contributed by atoms with Crippen LogP contribution < -0.4 is 4.74 Å². The smallest absolute Gasteiger partial charge is 0.276 e. The summed E-state index contributed by atoms with van der Waals surface area (Å²) in [7, 11) is 0. The van der Waals surface area contributed by atoms with Crippen LogP contribution in [-0.2, 0) is 0 Å². The van der Waals surface area contributed by atoms with Crippen LogP contribution in [0.1, 0.15) is 6.92 Å². The number of hydrogen-bond acceptors (Lipinski definition) is 5. The van der Waals surface area contributed by atoms with E-state index in [2.05, 4.69) is 20.3 Å². The molecule has 7 heteroatoms. The number of H-pyrrole nitrogens is 1. The second kappa shape index (κ2) is 7.01. The van der Waals surface area contributed by atoms with Crippen molar-refractivity contribution in [3.05, 3.63) is 59.6 Å². The van der Waals surface area contributed by atoms with Crippen molar-refractivity contribution >= 4 is 11.6 Å². The minimum Gasteiger partial charge on any atom is -0.494 e. The molecule has 0 unspecified atom stereocenters. The molecule has 4 rings (SSSR count). The Morgan fingerprint density at radius 2 is 1.92 bits per heavy atom. The van der Waals surface area contributed by atoms with Gasteiger partial charge in [-0.25, -0.2) is 0 Å². The molecule has 6 nitrogen and oxygen atoms in total. The molecular formula is C19H15ClN4O2. The highest BCUT2D eigenvalue weighted by atomic mass is 35.5. The molecule has 2 aromatic carbocycles. The molecule has 0 fully saturated rings. The van der Waals surface area contributed by atoms with Crippen molar-refractivity contribution in [1.82, 2.24) is 20.3 Å². The molecule has 0 aliphatic carbocycles. The molecule has 4 aromatic rings. The van der Waals surface area contributed by atoms with Gasteiger partial charge in [0.15, 0.2) is 0 Å². The monoisotopic (exact) mass is 366 g/mol. The fourth-order valence-electron chi connectivity index (χ4n) is 2.55. The van der Waals surface area contributed by atoms with Crippen molar-refractivity contribution in [2.45, 2.75) is 6.92 Å². The summed E-state index contributed by atoms with van der Waals surface area (Å²) in [6, 6.07) is 16.9. The van der Waals surface area contributed by atoms with Gasteiger partial charge in [0.2, 0.25) is 5.82 Å². The zero-order valence-electron chi connectivity index (χ0n) is 13.9. The van der Waals surface area contributed by atoms with Gasteiger partial charge in [-0.05, 0) is 49.4 Å². The normalized spacial score (nSPS) is 10.8. The topological polar surface area (TPSA) is 76.8 Å². The molecule has 0 radical (unpaired) electrons. The molecule has 0 atom stereocenters. The molecule has 0 saturated heterocycles. The summed E-state index contributed by atoms with van der Waals surface area (Å²) in [5, 5.41) is 11.9. The zero-order chi connectivity index (χ0) is 17.9. The fraction of sp³-hybridized carbons (Fsp3) is 0.105. The second-order valence-corrected chi connectivity index (χ2v) is 5.99. The largest absolute Gasteiger partial charge is 0.494 e. The van der Waals surface area contributed by atoms with E-state index in [0.29, 0.717) is 29.0 Å². The molecular weight excluding hydrogens is 352 g/mol. The maximum Gasteiger partial charge on any atom is 0.276 e. The van der Waals surface area contributed by atoms with E-state index in [1.807, 2.05) is 49.4 Å². The van der Waals surface area contributed by atoms with Crippen LogP contribution in [0.25, 0.3) is 34.2 Å². The highest BCUT2D eigenvalue weighted by Crippen LogP contribution is 2.27. The molecule has 2 heterocycles. The molecule has 0 bridgehead atoms. The Bertz CT molecular complexity index is 1020. The standard InChI is InChI=1S/C19H15ClN4O2/c1-2-25-15-8-6-12(7-9-15)16-11-17(23-22-16)19-21-18(24-26-19)13-4-3-5-14(20)10-13/h3-11H,2H2,1H3,(H,22,23). The van der Waals surface area contributed by atoms with Crippen LogP contribution >= 0.6 is 11.6 Å². The van der Waals surface area contributed by atoms with Crippen molar-refractivity contribution in [3.8, 4) is 40.0 Å². The van der Waals surface area contributed by atoms with Crippen LogP contribution in [0.2, 0.25) is 5.02 Å². The first-order valence-corrected chi connectivity index (χ1v) is 8.49. The van der Waals surface area contributed by atoms with Gasteiger partial charge in [-0.15, -0.1) is 0 Å². The summed E-state index contributed by atoms with van der Waals surface area (Å²) in [5.41, 5.74) is 3.18. The van der Waals surface area contributed by atoms with Crippen LogP contribution in [0.3, 0.4) is 0 Å². The Hall–Kier alpha value is -3.12. The van der Waals surface area contributed by atoms with E-state index in [1.54, 1.807) is 12.1 Å². The maximum absolute atomic E-state index is 6.01. The Morgan fingerprint density at radius 3 is 2.69 bits per heavy atom. The number of nitrogens with one attached hydrogen (secondary N) is 1. The molecule has 0 spiro atoms. The van der Waals surface area contributed by atoms with Crippen molar-refractivity contribution in [2.24, 2.45) is 0 Å². The molecule has 2 aromatic heterocycles. The van der Waals surface area contributed by atoms with Crippen molar-refractivity contribution < 1.29 is 9.26 Å². The lowest BCUT2D eigenvalue weighted by molar-refractivity contribution is 0.340. The predicted octanol–water partition coefficient (Wildman–Crippen LogP) is 4.85. The third-order valence-corrected chi connectivity index (χ3v) is 4.01. The number of benzene rings is 2. The molecule has 130 valence electrons. The van der Waals surface area contributed by atoms with Gasteiger partial charge < -0.3 is 9.26 Å². The summed E-state index contributed by atoms with van der Waals surface area (Å²) in [6.45, 7) is 2.59. The van der Waals surface area contributed by atoms with Crippen molar-refractivity contribution in [2.75, 3.05) is 6.61 Å². The molecule has 0 aliphatic heterocycles. The molecule has 0 aliphatic rings. The summed E-state index contributed by atoms with van der Waals surface area (Å²) in [6.07, 6.45) is 0. The van der Waals surface area contributed by atoms with E-state index in [4.69, 9.17) is 20.9 Å². The lowest BCUT2D eigenvalue weighted by Gasteiger charge is -2.02. The number of aromatic nitrogens is 4. The fourth-order valence-corrected chi connectivity index (χ4v) is 2.74. The number of ether oxygens (including phenoxy) is 1. The first-order chi connectivity index (χ1) is 12.7. The number of nitrogens with zero attached hydrogens (tertiary/aromatic N) is 3. The molecule has 0 amide bonds. The zero-order valence-corrected chi connectivity index (χ0v) is 14.7. The third-order valence-electron chi connectivity index (χ3n) is 3.78. The Morgan fingerprint density at radius 1 is 1.08 bits per heavy atom. The first kappa shape index (κ1) is 16.4. The Balaban J connectivity index is 1.58. The van der Waals surface area contributed by atoms with E-state index in [1.165, 1.54) is 0 Å². The average Bonchev–Trinajstić information content (AvgIpc) is 3.32. The summed E-state index contributed by atoms with van der Waals surface area (Å²) >= 11 is 6.01. The van der Waals surface area contributed by atoms with E-state index in [0.717, 1.165) is 22.6 Å². The van der Waals surface area contributed by atoms with Gasteiger partial charge in [0.1, 0.15) is 11.4 Å². The number of rotatable bonds is 5. The van der Waals surface area contributed by atoms with Gasteiger partial charge in [-0.1, -0.05) is 28.9 Å². The summed E-state index contributed by atoms with van der Waals surface area (Å²) in [4.78, 5) is 4.41. The highest BCUT2D eigenvalue weighted by Gasteiger charge is 2.14. The van der Waals surface area contributed by atoms with Gasteiger partial charge in [0.05, 0.1) is 12.3 Å². The van der Waals surface area contributed by atoms with E-state index in [9.17, 15) is 0 Å². The summed E-state index contributed by atoms with van der Waals surface area (Å²) in [5.74, 6) is 1.67. The quantitative estimate of drug-likeness (QED) is 0.546. The average molecular weight is 367 g/mol. The number of hydrogen-bond donors (Lipinski definition) is 1. The first-order valence-electron chi connectivity index (χ1n) is 8.11. The second-order valence-electron chi connectivity index (χ2n) is 5.56. The van der Waals surface area contributed by atoms with E-state index >= 15 is 0 Å². The maximum atomic E-state index is 6.01. The van der Waals surface area contributed by atoms with Crippen molar-refractivity contribution in [1.29, 1.82) is 0 Å². The molecule has 1 N–H and O–H groups in total. The number of aromatic amines is 1. The van der Waals surface area contributed by atoms with Gasteiger partial charge in [-0.2, -0.15) is 10.1 Å². The van der Waals surface area contributed by atoms with E-state index in [-0.39, 0.29) is 0 Å². The minimum atomic E-state index is 0.365. The third kappa shape index (κ3) is 3.32. The SMILES string of the molecule is CCOc1ccc(-c2cc(-c3nc(-c4cccc(Cl)c4)no3)[nH]n2)cc1. The van der Waals surface area contributed by atoms with Gasteiger partial charge in [0, 0.05) is 16.1 Å². The van der Waals surface area contributed by atoms with Gasteiger partial charge in [-0.3, -0.25) is 5.10 Å². The number of halogens is 1. The van der Waals surface area contributed by atoms with Gasteiger partial charge >= 0.3 is 0 Å². The molecule has 26 heavy (non-hydrogen) atoms. The predicted molar refractivity (Wildman–Crippen MR) is 98.9 cm³/mol. The minimum absolute atomic E-state index is 0.365. The Labute approximate surface area is 154 Å². The lowest BCUT2D eigenvalue weighted by Crippen LogP contribution is -1.90. The van der Waals surface area contributed by atoms with Crippen LogP contribution in [0.4, 0.5) is 0 Å².